The Morgan fingerprint density at radius 3 is 2.65 bits per heavy atom. The van der Waals surface area contributed by atoms with E-state index >= 15 is 0 Å². The molecule has 0 aliphatic carbocycles. The van der Waals surface area contributed by atoms with Crippen LogP contribution in [0, 0.1) is 6.92 Å². The first kappa shape index (κ1) is 7.35. The third-order valence-corrected chi connectivity index (χ3v) is 3.35. The number of aromatic nitrogens is 2. The second kappa shape index (κ2) is 5.74. The van der Waals surface area contributed by atoms with Gasteiger partial charge in [0.1, 0.15) is 7.05 Å². The molecule has 2 atom stereocenters. The van der Waals surface area contributed by atoms with E-state index in [0.29, 0.717) is 22.4 Å². The lowest BCUT2D eigenvalue weighted by Crippen LogP contribution is -2.31. The van der Waals surface area contributed by atoms with Crippen LogP contribution in [0.25, 0.3) is 11.3 Å². The smallest absolute Gasteiger partial charge is 0.214 e. The Morgan fingerprint density at radius 1 is 1.25 bits per heavy atom. The van der Waals surface area contributed by atoms with Gasteiger partial charge in [-0.15, -0.1) is 0 Å². The van der Waals surface area contributed by atoms with Crippen LogP contribution in [0.3, 0.4) is 0 Å². The minimum Gasteiger partial charge on any atom is -0.260 e. The second-order valence-electron chi connectivity index (χ2n) is 5.05. The molecule has 0 spiro atoms. The van der Waals surface area contributed by atoms with Crippen molar-refractivity contribution in [1.82, 2.24) is 4.98 Å². The lowest BCUT2D eigenvalue weighted by atomic mass is 9.99. The Morgan fingerprint density at radius 2 is 2.00 bits per heavy atom. The van der Waals surface area contributed by atoms with Crippen LogP contribution in [0.2, 0.25) is 0 Å². The third kappa shape index (κ3) is 2.90. The summed E-state index contributed by atoms with van der Waals surface area (Å²) in [7, 11) is 1.79. The van der Waals surface area contributed by atoms with Crippen LogP contribution in [0.4, 0.5) is 0 Å². The predicted octanol–water partition coefficient (Wildman–Crippen LogP) is 4.13. The SMILES string of the molecule is [2H]C([2H])([2H])C([2H])(C)c1cc[n+](C)c(-c2cnc(C([2H])(C)C([2H])([2H])[2H])cc2C)c1. The van der Waals surface area contributed by atoms with Gasteiger partial charge in [-0.05, 0) is 35.9 Å². The van der Waals surface area contributed by atoms with Crippen LogP contribution in [0.1, 0.15) is 67.1 Å². The minimum absolute atomic E-state index is 0.139. The Bertz CT molecular complexity index is 882. The van der Waals surface area contributed by atoms with Crippen molar-refractivity contribution >= 4 is 0 Å². The standard InChI is InChI=1S/C18H25N2/c1-12(2)15-7-8-20(6)18(10-15)16-11-19-17(13(3)4)9-14(16)5/h7-13H,1-6H3/q+1/i1D3,3D3,12D,13D. The molecular weight excluding hydrogens is 244 g/mol. The molecule has 0 aliphatic rings. The van der Waals surface area contributed by atoms with E-state index < -0.39 is 25.5 Å². The molecule has 0 saturated carbocycles. The van der Waals surface area contributed by atoms with Gasteiger partial charge in [-0.2, -0.15) is 0 Å². The van der Waals surface area contributed by atoms with E-state index in [9.17, 15) is 0 Å². The second-order valence-corrected chi connectivity index (χ2v) is 5.05. The molecule has 106 valence electrons. The molecule has 0 amide bonds. The molecule has 0 radical (unpaired) electrons. The molecule has 2 nitrogen and oxygen atoms in total. The first-order valence-electron chi connectivity index (χ1n) is 10.5. The van der Waals surface area contributed by atoms with E-state index in [2.05, 4.69) is 4.98 Å². The summed E-state index contributed by atoms with van der Waals surface area (Å²) >= 11 is 0. The van der Waals surface area contributed by atoms with E-state index in [1.54, 1.807) is 42.9 Å². The molecule has 0 aromatic carbocycles. The van der Waals surface area contributed by atoms with Crippen LogP contribution in [0.5, 0.6) is 0 Å². The van der Waals surface area contributed by atoms with Gasteiger partial charge in [0.2, 0.25) is 5.69 Å². The first-order chi connectivity index (χ1) is 12.5. The highest BCUT2D eigenvalue weighted by Crippen LogP contribution is 2.25. The maximum absolute atomic E-state index is 8.31. The highest BCUT2D eigenvalue weighted by molar-refractivity contribution is 5.60. The van der Waals surface area contributed by atoms with Crippen molar-refractivity contribution in [1.29, 1.82) is 0 Å². The molecule has 2 aromatic rings. The normalized spacial score (nSPS) is 24.4. The molecule has 2 unspecified atom stereocenters. The number of nitrogens with zero attached hydrogens (tertiary/aromatic N) is 2. The van der Waals surface area contributed by atoms with Gasteiger partial charge in [-0.25, -0.2) is 4.57 Å². The van der Waals surface area contributed by atoms with E-state index in [-0.39, 0.29) is 5.69 Å². The fourth-order valence-electron chi connectivity index (χ4n) is 2.10. The Hall–Kier alpha value is -1.70. The van der Waals surface area contributed by atoms with E-state index in [0.717, 1.165) is 0 Å². The first-order valence-corrected chi connectivity index (χ1v) is 6.48. The largest absolute Gasteiger partial charge is 0.260 e. The fourth-order valence-corrected chi connectivity index (χ4v) is 2.10. The van der Waals surface area contributed by atoms with Crippen LogP contribution in [-0.4, -0.2) is 4.98 Å². The summed E-state index contributed by atoms with van der Waals surface area (Å²) in [6.07, 6.45) is 3.19. The zero-order valence-electron chi connectivity index (χ0n) is 20.3. The number of hydrogen-bond donors (Lipinski definition) is 0. The molecule has 0 aliphatic heterocycles. The quantitative estimate of drug-likeness (QED) is 0.771. The van der Waals surface area contributed by atoms with Crippen molar-refractivity contribution in [3.63, 3.8) is 0 Å². The number of hydrogen-bond acceptors (Lipinski definition) is 1. The predicted molar refractivity (Wildman–Crippen MR) is 83.8 cm³/mol. The maximum atomic E-state index is 8.31. The van der Waals surface area contributed by atoms with Gasteiger partial charge in [0, 0.05) is 35.0 Å². The molecule has 2 heteroatoms. The summed E-state index contributed by atoms with van der Waals surface area (Å²) in [5.74, 6) is -3.63. The van der Waals surface area contributed by atoms with Gasteiger partial charge in [0.15, 0.2) is 6.20 Å². The van der Waals surface area contributed by atoms with Crippen molar-refractivity contribution < 1.29 is 15.5 Å². The van der Waals surface area contributed by atoms with Gasteiger partial charge in [-0.1, -0.05) is 27.6 Å². The van der Waals surface area contributed by atoms with Crippen LogP contribution in [-0.2, 0) is 7.05 Å². The molecule has 0 bridgehead atoms. The lowest BCUT2D eigenvalue weighted by Gasteiger charge is -2.11. The molecule has 2 rings (SSSR count). The van der Waals surface area contributed by atoms with Crippen molar-refractivity contribution in [2.45, 2.75) is 46.3 Å². The summed E-state index contributed by atoms with van der Waals surface area (Å²) in [5, 5.41) is 0. The third-order valence-electron chi connectivity index (χ3n) is 3.35. The van der Waals surface area contributed by atoms with Crippen LogP contribution < -0.4 is 4.57 Å². The van der Waals surface area contributed by atoms with Gasteiger partial charge in [-0.3, -0.25) is 4.98 Å². The highest BCUT2D eigenvalue weighted by atomic mass is 14.9. The highest BCUT2D eigenvalue weighted by Gasteiger charge is 2.16. The molecule has 0 fully saturated rings. The summed E-state index contributed by atoms with van der Waals surface area (Å²) in [6.45, 7) is -0.565. The summed E-state index contributed by atoms with van der Waals surface area (Å²) in [5.41, 5.74) is 2.52. The van der Waals surface area contributed by atoms with Crippen molar-refractivity contribution in [3.05, 3.63) is 47.4 Å². The average Bonchev–Trinajstić information content (AvgIpc) is 2.53. The summed E-state index contributed by atoms with van der Waals surface area (Å²) in [6, 6.07) is 4.83. The van der Waals surface area contributed by atoms with Gasteiger partial charge in [0.25, 0.3) is 0 Å². The van der Waals surface area contributed by atoms with Gasteiger partial charge in [0.05, 0.1) is 5.56 Å². The number of rotatable bonds is 3. The minimum atomic E-state index is -2.52. The van der Waals surface area contributed by atoms with Crippen LogP contribution in [0.15, 0.2) is 30.6 Å². The van der Waals surface area contributed by atoms with Crippen molar-refractivity contribution in [2.75, 3.05) is 0 Å². The molecule has 2 aromatic heterocycles. The lowest BCUT2D eigenvalue weighted by molar-refractivity contribution is -0.660. The Balaban J connectivity index is 2.60. The van der Waals surface area contributed by atoms with Gasteiger partial charge >= 0.3 is 0 Å². The monoisotopic (exact) mass is 277 g/mol. The molecular formula is C18H25N2+. The average molecular weight is 277 g/mol. The number of pyridine rings is 2. The topological polar surface area (TPSA) is 16.8 Å². The van der Waals surface area contributed by atoms with E-state index in [4.69, 9.17) is 11.0 Å². The van der Waals surface area contributed by atoms with E-state index in [1.807, 2.05) is 0 Å². The maximum Gasteiger partial charge on any atom is 0.214 e. The number of aryl methyl sites for hydroxylation is 2. The molecule has 0 saturated heterocycles. The van der Waals surface area contributed by atoms with E-state index in [1.165, 1.54) is 20.0 Å². The Labute approximate surface area is 133 Å². The zero-order valence-corrected chi connectivity index (χ0v) is 12.3. The fraction of sp³-hybridized carbons (Fsp3) is 0.444. The summed E-state index contributed by atoms with van der Waals surface area (Å²) < 4.78 is 64.0. The molecule has 2 heterocycles. The molecule has 0 N–H and O–H groups in total. The summed E-state index contributed by atoms with van der Waals surface area (Å²) in [4.78, 5) is 4.22. The molecule has 20 heavy (non-hydrogen) atoms. The Kier molecular flexibility index (Phi) is 2.11. The van der Waals surface area contributed by atoms with Crippen molar-refractivity contribution in [2.24, 2.45) is 7.05 Å². The van der Waals surface area contributed by atoms with Crippen LogP contribution >= 0.6 is 0 Å². The van der Waals surface area contributed by atoms with Gasteiger partial charge < -0.3 is 0 Å². The zero-order chi connectivity index (χ0) is 21.7. The van der Waals surface area contributed by atoms with Crippen molar-refractivity contribution in [3.8, 4) is 11.3 Å².